The van der Waals surface area contributed by atoms with Gasteiger partial charge in [0.05, 0.1) is 23.9 Å². The Bertz CT molecular complexity index is 1140. The van der Waals surface area contributed by atoms with Crippen LogP contribution in [-0.2, 0) is 14.8 Å². The highest BCUT2D eigenvalue weighted by Gasteiger charge is 2.37. The van der Waals surface area contributed by atoms with Gasteiger partial charge in [-0.05, 0) is 69.2 Å². The van der Waals surface area contributed by atoms with Crippen molar-refractivity contribution in [1.29, 1.82) is 0 Å². The lowest BCUT2D eigenvalue weighted by molar-refractivity contribution is -0.127. The van der Waals surface area contributed by atoms with Crippen LogP contribution in [0, 0.1) is 19.3 Å². The molecule has 8 heteroatoms. The van der Waals surface area contributed by atoms with Gasteiger partial charge in [0, 0.05) is 6.54 Å². The Hall–Kier alpha value is -3.00. The highest BCUT2D eigenvalue weighted by molar-refractivity contribution is 7.92. The summed E-state index contributed by atoms with van der Waals surface area (Å²) in [6.45, 7) is 11.6. The summed E-state index contributed by atoms with van der Waals surface area (Å²) in [5, 5.41) is 0. The number of benzene rings is 2. The Morgan fingerprint density at radius 1 is 1.23 bits per heavy atom. The number of hydrogen-bond acceptors (Lipinski definition) is 5. The average molecular weight is 445 g/mol. The van der Waals surface area contributed by atoms with E-state index in [-0.39, 0.29) is 29.7 Å². The number of anilines is 2. The van der Waals surface area contributed by atoms with E-state index in [0.29, 0.717) is 17.1 Å². The maximum atomic E-state index is 13.1. The SMILES string of the molecule is C=CCN1C(=O)C(C)(C)COc2ccc(NS(=O)(=O)c3cc(C)c(C)cc3OC)cc21. The molecule has 1 N–H and O–H groups in total. The molecule has 1 heterocycles. The van der Waals surface area contributed by atoms with Crippen LogP contribution in [0.4, 0.5) is 11.4 Å². The number of ether oxygens (including phenoxy) is 2. The quantitative estimate of drug-likeness (QED) is 0.680. The van der Waals surface area contributed by atoms with Gasteiger partial charge in [-0.2, -0.15) is 0 Å². The van der Waals surface area contributed by atoms with E-state index >= 15 is 0 Å². The van der Waals surface area contributed by atoms with Crippen LogP contribution in [-0.4, -0.2) is 34.6 Å². The molecule has 7 nitrogen and oxygen atoms in total. The highest BCUT2D eigenvalue weighted by Crippen LogP contribution is 2.39. The molecular weight excluding hydrogens is 416 g/mol. The number of sulfonamides is 1. The number of hydrogen-bond donors (Lipinski definition) is 1. The molecule has 0 radical (unpaired) electrons. The molecule has 0 aromatic heterocycles. The number of methoxy groups -OCH3 is 1. The average Bonchev–Trinajstić information content (AvgIpc) is 2.79. The van der Waals surface area contributed by atoms with Crippen molar-refractivity contribution in [3.8, 4) is 11.5 Å². The van der Waals surface area contributed by atoms with Crippen LogP contribution in [0.5, 0.6) is 11.5 Å². The Balaban J connectivity index is 2.03. The topological polar surface area (TPSA) is 84.9 Å². The Morgan fingerprint density at radius 2 is 1.90 bits per heavy atom. The van der Waals surface area contributed by atoms with Gasteiger partial charge in [0.15, 0.2) is 0 Å². The molecule has 31 heavy (non-hydrogen) atoms. The molecule has 0 saturated carbocycles. The molecule has 2 aromatic carbocycles. The summed E-state index contributed by atoms with van der Waals surface area (Å²) in [6, 6.07) is 8.15. The number of rotatable bonds is 6. The first-order valence-corrected chi connectivity index (χ1v) is 11.4. The first kappa shape index (κ1) is 22.7. The van der Waals surface area contributed by atoms with E-state index in [2.05, 4.69) is 11.3 Å². The van der Waals surface area contributed by atoms with Crippen molar-refractivity contribution >= 4 is 27.3 Å². The van der Waals surface area contributed by atoms with Crippen molar-refractivity contribution in [3.63, 3.8) is 0 Å². The lowest BCUT2D eigenvalue weighted by atomic mass is 9.93. The largest absolute Gasteiger partial charge is 0.495 e. The number of fused-ring (bicyclic) bond motifs is 1. The minimum Gasteiger partial charge on any atom is -0.495 e. The van der Waals surface area contributed by atoms with E-state index in [1.807, 2.05) is 27.7 Å². The molecule has 0 aliphatic carbocycles. The van der Waals surface area contributed by atoms with Crippen molar-refractivity contribution in [2.45, 2.75) is 32.6 Å². The second-order valence-corrected chi connectivity index (χ2v) is 9.90. The van der Waals surface area contributed by atoms with Crippen LogP contribution in [0.2, 0.25) is 0 Å². The number of aryl methyl sites for hydroxylation is 2. The molecule has 0 saturated heterocycles. The third-order valence-electron chi connectivity index (χ3n) is 5.30. The first-order valence-electron chi connectivity index (χ1n) is 9.88. The van der Waals surface area contributed by atoms with Crippen LogP contribution in [0.1, 0.15) is 25.0 Å². The maximum Gasteiger partial charge on any atom is 0.265 e. The second kappa shape index (κ2) is 8.26. The Kier molecular flexibility index (Phi) is 6.04. The van der Waals surface area contributed by atoms with Crippen molar-refractivity contribution in [2.75, 3.05) is 29.9 Å². The van der Waals surface area contributed by atoms with E-state index < -0.39 is 15.4 Å². The highest BCUT2D eigenvalue weighted by atomic mass is 32.2. The van der Waals surface area contributed by atoms with Gasteiger partial charge < -0.3 is 14.4 Å². The minimum atomic E-state index is -3.94. The summed E-state index contributed by atoms with van der Waals surface area (Å²) >= 11 is 0. The van der Waals surface area contributed by atoms with Crippen molar-refractivity contribution in [1.82, 2.24) is 0 Å². The second-order valence-electron chi connectivity index (χ2n) is 8.25. The van der Waals surface area contributed by atoms with Gasteiger partial charge in [0.1, 0.15) is 23.0 Å². The number of amides is 1. The molecule has 1 aliphatic rings. The molecular formula is C23H28N2O5S. The van der Waals surface area contributed by atoms with Crippen LogP contribution >= 0.6 is 0 Å². The van der Waals surface area contributed by atoms with Crippen molar-refractivity contribution in [3.05, 3.63) is 54.1 Å². The van der Waals surface area contributed by atoms with Crippen molar-refractivity contribution < 1.29 is 22.7 Å². The zero-order chi connectivity index (χ0) is 23.0. The number of carbonyl (C=O) groups is 1. The standard InChI is InChI=1S/C23H28N2O5S/c1-7-10-25-18-13-17(8-9-19(18)30-14-23(4,5)22(25)26)24-31(27,28)21-12-16(3)15(2)11-20(21)29-6/h7-9,11-13,24H,1,10,14H2,2-6H3. The van der Waals surface area contributed by atoms with Gasteiger partial charge in [0.25, 0.3) is 10.0 Å². The summed E-state index contributed by atoms with van der Waals surface area (Å²) in [7, 11) is -2.50. The van der Waals surface area contributed by atoms with E-state index in [1.54, 1.807) is 41.3 Å². The maximum absolute atomic E-state index is 13.1. The number of carbonyl (C=O) groups excluding carboxylic acids is 1. The van der Waals surface area contributed by atoms with Crippen LogP contribution in [0.3, 0.4) is 0 Å². The predicted octanol–water partition coefficient (Wildman–Crippen LogP) is 4.05. The lowest BCUT2D eigenvalue weighted by Crippen LogP contribution is -2.42. The summed E-state index contributed by atoms with van der Waals surface area (Å²) in [5.41, 5.74) is 1.83. The van der Waals surface area contributed by atoms with Gasteiger partial charge in [-0.3, -0.25) is 9.52 Å². The lowest BCUT2D eigenvalue weighted by Gasteiger charge is -2.27. The zero-order valence-corrected chi connectivity index (χ0v) is 19.3. The summed E-state index contributed by atoms with van der Waals surface area (Å²) in [6.07, 6.45) is 1.62. The smallest absolute Gasteiger partial charge is 0.265 e. The van der Waals surface area contributed by atoms with Gasteiger partial charge in [0.2, 0.25) is 5.91 Å². The number of nitrogens with one attached hydrogen (secondary N) is 1. The summed E-state index contributed by atoms with van der Waals surface area (Å²) < 4.78 is 40.0. The van der Waals surface area contributed by atoms with Gasteiger partial charge in [-0.15, -0.1) is 6.58 Å². The van der Waals surface area contributed by atoms with E-state index in [1.165, 1.54) is 7.11 Å². The summed E-state index contributed by atoms with van der Waals surface area (Å²) in [4.78, 5) is 14.6. The molecule has 0 unspecified atom stereocenters. The van der Waals surface area contributed by atoms with E-state index in [0.717, 1.165) is 11.1 Å². The molecule has 1 aliphatic heterocycles. The fourth-order valence-electron chi connectivity index (χ4n) is 3.36. The van der Waals surface area contributed by atoms with Crippen LogP contribution in [0.15, 0.2) is 47.9 Å². The van der Waals surface area contributed by atoms with Crippen LogP contribution in [0.25, 0.3) is 0 Å². The molecule has 0 atom stereocenters. The molecule has 0 bridgehead atoms. The van der Waals surface area contributed by atoms with Gasteiger partial charge in [-0.25, -0.2) is 8.42 Å². The molecule has 0 fully saturated rings. The summed E-state index contributed by atoms with van der Waals surface area (Å²) in [5.74, 6) is 0.647. The van der Waals surface area contributed by atoms with E-state index in [9.17, 15) is 13.2 Å². The zero-order valence-electron chi connectivity index (χ0n) is 18.5. The molecule has 2 aromatic rings. The molecule has 1 amide bonds. The minimum absolute atomic E-state index is 0.0458. The van der Waals surface area contributed by atoms with Crippen molar-refractivity contribution in [2.24, 2.45) is 5.41 Å². The van der Waals surface area contributed by atoms with Gasteiger partial charge >= 0.3 is 0 Å². The van der Waals surface area contributed by atoms with Gasteiger partial charge in [-0.1, -0.05) is 6.08 Å². The third kappa shape index (κ3) is 4.39. The Morgan fingerprint density at radius 3 is 2.55 bits per heavy atom. The number of nitrogens with zero attached hydrogens (tertiary/aromatic N) is 1. The third-order valence-corrected chi connectivity index (χ3v) is 6.70. The first-order chi connectivity index (χ1) is 14.5. The fourth-order valence-corrected chi connectivity index (χ4v) is 4.65. The normalized spacial score (nSPS) is 15.5. The van der Waals surface area contributed by atoms with E-state index in [4.69, 9.17) is 9.47 Å². The van der Waals surface area contributed by atoms with Crippen LogP contribution < -0.4 is 19.1 Å². The molecule has 0 spiro atoms. The predicted molar refractivity (Wildman–Crippen MR) is 122 cm³/mol. The molecule has 3 rings (SSSR count). The fraction of sp³-hybridized carbons (Fsp3) is 0.348. The Labute approximate surface area is 183 Å². The molecule has 166 valence electrons. The monoisotopic (exact) mass is 444 g/mol.